The molecule has 0 fully saturated rings. The highest BCUT2D eigenvalue weighted by atomic mass is 16.5. The summed E-state index contributed by atoms with van der Waals surface area (Å²) in [6.07, 6.45) is 1.72. The Labute approximate surface area is 166 Å². The smallest absolute Gasteiger partial charge is 0.203 e. The first-order valence-corrected chi connectivity index (χ1v) is 8.76. The summed E-state index contributed by atoms with van der Waals surface area (Å²) in [7, 11) is 6.43. The van der Waals surface area contributed by atoms with E-state index in [2.05, 4.69) is 22.2 Å². The Morgan fingerprint density at radius 3 is 2.29 bits per heavy atom. The van der Waals surface area contributed by atoms with E-state index >= 15 is 0 Å². The summed E-state index contributed by atoms with van der Waals surface area (Å²) >= 11 is 0. The van der Waals surface area contributed by atoms with E-state index in [-0.39, 0.29) is 0 Å². The van der Waals surface area contributed by atoms with Crippen LogP contribution in [0, 0.1) is 0 Å². The van der Waals surface area contributed by atoms with Crippen LogP contribution in [0.5, 0.6) is 23.0 Å². The molecule has 0 saturated carbocycles. The van der Waals surface area contributed by atoms with Gasteiger partial charge < -0.3 is 29.6 Å². The fourth-order valence-corrected chi connectivity index (χ4v) is 2.59. The number of rotatable bonds is 9. The van der Waals surface area contributed by atoms with Gasteiger partial charge in [-0.25, -0.2) is 0 Å². The summed E-state index contributed by atoms with van der Waals surface area (Å²) in [5.41, 5.74) is 1.76. The van der Waals surface area contributed by atoms with Gasteiger partial charge in [-0.15, -0.1) is 0 Å². The number of nitrogens with one attached hydrogen (secondary N) is 2. The summed E-state index contributed by atoms with van der Waals surface area (Å²) in [4.78, 5) is 4.27. The molecule has 0 radical (unpaired) electrons. The van der Waals surface area contributed by atoms with Crippen molar-refractivity contribution < 1.29 is 18.9 Å². The van der Waals surface area contributed by atoms with E-state index < -0.39 is 0 Å². The molecule has 7 heteroatoms. The second-order valence-corrected chi connectivity index (χ2v) is 5.67. The Hall–Kier alpha value is -3.35. The van der Waals surface area contributed by atoms with Crippen LogP contribution >= 0.6 is 0 Å². The average molecular weight is 385 g/mol. The van der Waals surface area contributed by atoms with Gasteiger partial charge in [-0.05, 0) is 6.07 Å². The second kappa shape index (κ2) is 10.7. The predicted octanol–water partition coefficient (Wildman–Crippen LogP) is 3.46. The molecule has 7 nitrogen and oxygen atoms in total. The zero-order valence-electron chi connectivity index (χ0n) is 16.7. The quantitative estimate of drug-likeness (QED) is 0.391. The maximum absolute atomic E-state index is 5.69. The Balaban J connectivity index is 2.13. The number of anilines is 1. The molecular formula is C21H27N3O4. The fraction of sp³-hybridized carbons (Fsp3) is 0.286. The van der Waals surface area contributed by atoms with Crippen LogP contribution in [0.15, 0.2) is 54.0 Å². The standard InChI is InChI=1S/C21H27N3O4/c1-6-11-28-17-10-8-7-9-15(17)14-23-21(22-2)24-16-12-18(25-3)20(27-5)19(13-16)26-4/h6-10,12-13H,1,11,14H2,2-5H3,(H2,22,23,24). The molecule has 0 bridgehead atoms. The van der Waals surface area contributed by atoms with Gasteiger partial charge in [0.25, 0.3) is 0 Å². The lowest BCUT2D eigenvalue weighted by Crippen LogP contribution is -2.30. The van der Waals surface area contributed by atoms with Crippen LogP contribution in [0.3, 0.4) is 0 Å². The van der Waals surface area contributed by atoms with E-state index in [1.807, 2.05) is 36.4 Å². The first kappa shape index (κ1) is 21.0. The number of hydrogen-bond acceptors (Lipinski definition) is 5. The van der Waals surface area contributed by atoms with Crippen molar-refractivity contribution in [1.82, 2.24) is 5.32 Å². The van der Waals surface area contributed by atoms with Crippen molar-refractivity contribution in [3.63, 3.8) is 0 Å². The number of aliphatic imine (C=N–C) groups is 1. The molecule has 0 spiro atoms. The molecule has 0 atom stereocenters. The van der Waals surface area contributed by atoms with Crippen LogP contribution < -0.4 is 29.6 Å². The minimum absolute atomic E-state index is 0.454. The van der Waals surface area contributed by atoms with Crippen LogP contribution in [0.2, 0.25) is 0 Å². The summed E-state index contributed by atoms with van der Waals surface area (Å²) in [6, 6.07) is 11.5. The largest absolute Gasteiger partial charge is 0.493 e. The molecule has 0 amide bonds. The summed E-state index contributed by atoms with van der Waals surface area (Å²) in [5, 5.41) is 6.50. The Morgan fingerprint density at radius 1 is 1.04 bits per heavy atom. The minimum Gasteiger partial charge on any atom is -0.493 e. The molecule has 2 aromatic carbocycles. The van der Waals surface area contributed by atoms with Gasteiger partial charge in [-0.3, -0.25) is 4.99 Å². The Morgan fingerprint density at radius 2 is 1.71 bits per heavy atom. The molecule has 2 N–H and O–H groups in total. The van der Waals surface area contributed by atoms with E-state index in [9.17, 15) is 0 Å². The molecular weight excluding hydrogens is 358 g/mol. The van der Waals surface area contributed by atoms with Gasteiger partial charge in [0.1, 0.15) is 12.4 Å². The lowest BCUT2D eigenvalue weighted by molar-refractivity contribution is 0.324. The zero-order chi connectivity index (χ0) is 20.4. The highest BCUT2D eigenvalue weighted by Crippen LogP contribution is 2.39. The lowest BCUT2D eigenvalue weighted by atomic mass is 10.2. The number of guanidine groups is 1. The molecule has 2 aromatic rings. The lowest BCUT2D eigenvalue weighted by Gasteiger charge is -2.17. The van der Waals surface area contributed by atoms with Crippen LogP contribution in [0.25, 0.3) is 0 Å². The van der Waals surface area contributed by atoms with Gasteiger partial charge in [0.05, 0.1) is 21.3 Å². The molecule has 0 heterocycles. The van der Waals surface area contributed by atoms with Crippen molar-refractivity contribution in [1.29, 1.82) is 0 Å². The van der Waals surface area contributed by atoms with Gasteiger partial charge in [0.2, 0.25) is 5.75 Å². The number of para-hydroxylation sites is 1. The van der Waals surface area contributed by atoms with Gasteiger partial charge in [0, 0.05) is 37.0 Å². The van der Waals surface area contributed by atoms with Crippen LogP contribution in [0.1, 0.15) is 5.56 Å². The summed E-state index contributed by atoms with van der Waals surface area (Å²) < 4.78 is 21.8. The van der Waals surface area contributed by atoms with Crippen molar-refractivity contribution in [2.45, 2.75) is 6.54 Å². The minimum atomic E-state index is 0.454. The van der Waals surface area contributed by atoms with E-state index in [0.717, 1.165) is 17.0 Å². The predicted molar refractivity (Wildman–Crippen MR) is 112 cm³/mol. The van der Waals surface area contributed by atoms with Crippen molar-refractivity contribution in [2.75, 3.05) is 40.3 Å². The molecule has 0 aliphatic heterocycles. The van der Waals surface area contributed by atoms with Gasteiger partial charge >= 0.3 is 0 Å². The van der Waals surface area contributed by atoms with E-state index in [1.54, 1.807) is 34.5 Å². The second-order valence-electron chi connectivity index (χ2n) is 5.67. The maximum atomic E-state index is 5.69. The molecule has 28 heavy (non-hydrogen) atoms. The normalized spacial score (nSPS) is 10.8. The summed E-state index contributed by atoms with van der Waals surface area (Å²) in [5.74, 6) is 3.05. The first-order valence-electron chi connectivity index (χ1n) is 8.76. The number of hydrogen-bond donors (Lipinski definition) is 2. The maximum Gasteiger partial charge on any atom is 0.203 e. The highest BCUT2D eigenvalue weighted by molar-refractivity contribution is 5.94. The fourth-order valence-electron chi connectivity index (χ4n) is 2.59. The third kappa shape index (κ3) is 5.33. The molecule has 2 rings (SSSR count). The number of methoxy groups -OCH3 is 3. The van der Waals surface area contributed by atoms with E-state index in [0.29, 0.717) is 36.4 Å². The number of benzene rings is 2. The highest BCUT2D eigenvalue weighted by Gasteiger charge is 2.14. The Bertz CT molecular complexity index is 796. The van der Waals surface area contributed by atoms with Crippen molar-refractivity contribution in [3.8, 4) is 23.0 Å². The van der Waals surface area contributed by atoms with Crippen molar-refractivity contribution >= 4 is 11.6 Å². The average Bonchev–Trinajstić information content (AvgIpc) is 2.74. The number of ether oxygens (including phenoxy) is 4. The molecule has 0 aliphatic rings. The number of nitrogens with zero attached hydrogens (tertiary/aromatic N) is 1. The SMILES string of the molecule is C=CCOc1ccccc1CNC(=NC)Nc1cc(OC)c(OC)c(OC)c1. The third-order valence-corrected chi connectivity index (χ3v) is 3.93. The molecule has 0 saturated heterocycles. The van der Waals surface area contributed by atoms with E-state index in [1.165, 1.54) is 0 Å². The molecule has 150 valence electrons. The summed E-state index contributed by atoms with van der Waals surface area (Å²) in [6.45, 7) is 4.67. The van der Waals surface area contributed by atoms with Crippen LogP contribution in [-0.4, -0.2) is 40.9 Å². The van der Waals surface area contributed by atoms with Crippen LogP contribution in [-0.2, 0) is 6.54 Å². The van der Waals surface area contributed by atoms with Gasteiger partial charge in [0.15, 0.2) is 17.5 Å². The zero-order valence-corrected chi connectivity index (χ0v) is 16.7. The Kier molecular flexibility index (Phi) is 8.02. The third-order valence-electron chi connectivity index (χ3n) is 3.93. The monoisotopic (exact) mass is 385 g/mol. The van der Waals surface area contributed by atoms with Gasteiger partial charge in [-0.1, -0.05) is 30.9 Å². The van der Waals surface area contributed by atoms with E-state index in [4.69, 9.17) is 18.9 Å². The van der Waals surface area contributed by atoms with Crippen molar-refractivity contribution in [2.24, 2.45) is 4.99 Å². The van der Waals surface area contributed by atoms with Crippen molar-refractivity contribution in [3.05, 3.63) is 54.6 Å². The molecule has 0 aromatic heterocycles. The molecule has 0 unspecified atom stereocenters. The first-order chi connectivity index (χ1) is 13.7. The molecule has 0 aliphatic carbocycles. The topological polar surface area (TPSA) is 73.3 Å². The van der Waals surface area contributed by atoms with Crippen LogP contribution in [0.4, 0.5) is 5.69 Å². The van der Waals surface area contributed by atoms with Gasteiger partial charge in [-0.2, -0.15) is 0 Å².